The third kappa shape index (κ3) is 2.47. The lowest BCUT2D eigenvalue weighted by Gasteiger charge is -2.39. The summed E-state index contributed by atoms with van der Waals surface area (Å²) in [5.41, 5.74) is -2.16. The molecule has 0 fully saturated rings. The van der Waals surface area contributed by atoms with E-state index < -0.39 is 17.0 Å². The second kappa shape index (κ2) is 4.78. The van der Waals surface area contributed by atoms with E-state index in [1.807, 2.05) is 13.8 Å². The van der Waals surface area contributed by atoms with Gasteiger partial charge in [-0.05, 0) is 26.7 Å². The summed E-state index contributed by atoms with van der Waals surface area (Å²) in [4.78, 5) is 11.0. The summed E-state index contributed by atoms with van der Waals surface area (Å²) in [6.07, 6.45) is 2.87. The van der Waals surface area contributed by atoms with E-state index in [-0.39, 0.29) is 0 Å². The van der Waals surface area contributed by atoms with Crippen molar-refractivity contribution in [2.24, 2.45) is 5.41 Å². The summed E-state index contributed by atoms with van der Waals surface area (Å²) in [6, 6.07) is 0. The van der Waals surface area contributed by atoms with Gasteiger partial charge in [0, 0.05) is 0 Å². The van der Waals surface area contributed by atoms with E-state index >= 15 is 0 Å². The van der Waals surface area contributed by atoms with Crippen LogP contribution in [0.15, 0.2) is 0 Å². The van der Waals surface area contributed by atoms with Gasteiger partial charge in [-0.1, -0.05) is 26.7 Å². The standard InChI is InChI=1S/C11H22O3/c1-5-7-8-11(14,6-2)10(3,4)9(12)13/h14H,5-8H2,1-4H3,(H,12,13). The van der Waals surface area contributed by atoms with Crippen molar-refractivity contribution >= 4 is 5.97 Å². The molecule has 0 saturated heterocycles. The summed E-state index contributed by atoms with van der Waals surface area (Å²) < 4.78 is 0. The molecule has 0 aliphatic heterocycles. The smallest absolute Gasteiger partial charge is 0.312 e. The molecule has 0 radical (unpaired) electrons. The highest BCUT2D eigenvalue weighted by atomic mass is 16.4. The molecule has 0 saturated carbocycles. The van der Waals surface area contributed by atoms with Gasteiger partial charge in [0.25, 0.3) is 0 Å². The molecule has 0 rings (SSSR count). The van der Waals surface area contributed by atoms with E-state index in [0.29, 0.717) is 12.8 Å². The lowest BCUT2D eigenvalue weighted by Crippen LogP contribution is -2.49. The monoisotopic (exact) mass is 202 g/mol. The zero-order valence-corrected chi connectivity index (χ0v) is 9.63. The Bertz CT molecular complexity index is 199. The van der Waals surface area contributed by atoms with Gasteiger partial charge in [-0.3, -0.25) is 4.79 Å². The zero-order valence-electron chi connectivity index (χ0n) is 9.63. The second-order valence-corrected chi connectivity index (χ2v) is 4.42. The highest BCUT2D eigenvalue weighted by molar-refractivity contribution is 5.75. The number of hydrogen-bond acceptors (Lipinski definition) is 2. The highest BCUT2D eigenvalue weighted by Gasteiger charge is 2.47. The van der Waals surface area contributed by atoms with Crippen LogP contribution in [0.4, 0.5) is 0 Å². The summed E-state index contributed by atoms with van der Waals surface area (Å²) in [7, 11) is 0. The number of hydrogen-bond donors (Lipinski definition) is 2. The van der Waals surface area contributed by atoms with E-state index in [1.54, 1.807) is 13.8 Å². The van der Waals surface area contributed by atoms with Crippen LogP contribution in [0.5, 0.6) is 0 Å². The number of rotatable bonds is 6. The molecule has 0 aliphatic carbocycles. The summed E-state index contributed by atoms with van der Waals surface area (Å²) in [5, 5.41) is 19.3. The topological polar surface area (TPSA) is 57.5 Å². The van der Waals surface area contributed by atoms with Crippen LogP contribution in [-0.2, 0) is 4.79 Å². The predicted molar refractivity (Wildman–Crippen MR) is 56.2 cm³/mol. The minimum absolute atomic E-state index is 0.478. The van der Waals surface area contributed by atoms with Gasteiger partial charge in [-0.2, -0.15) is 0 Å². The van der Waals surface area contributed by atoms with Gasteiger partial charge in [0.1, 0.15) is 0 Å². The maximum Gasteiger partial charge on any atom is 0.312 e. The Labute approximate surface area is 86.1 Å². The van der Waals surface area contributed by atoms with Gasteiger partial charge < -0.3 is 10.2 Å². The molecule has 14 heavy (non-hydrogen) atoms. The van der Waals surface area contributed by atoms with Crippen molar-refractivity contribution in [3.63, 3.8) is 0 Å². The van der Waals surface area contributed by atoms with Crippen molar-refractivity contribution in [1.29, 1.82) is 0 Å². The van der Waals surface area contributed by atoms with Crippen LogP contribution in [0.25, 0.3) is 0 Å². The molecule has 0 bridgehead atoms. The third-order valence-corrected chi connectivity index (χ3v) is 3.23. The molecule has 2 N–H and O–H groups in total. The van der Waals surface area contributed by atoms with E-state index in [9.17, 15) is 9.90 Å². The van der Waals surface area contributed by atoms with Crippen molar-refractivity contribution in [2.75, 3.05) is 0 Å². The molecule has 3 nitrogen and oxygen atoms in total. The number of aliphatic carboxylic acids is 1. The molecular formula is C11H22O3. The van der Waals surface area contributed by atoms with E-state index in [1.165, 1.54) is 0 Å². The number of carbonyl (C=O) groups is 1. The maximum absolute atomic E-state index is 11.0. The van der Waals surface area contributed by atoms with E-state index in [0.717, 1.165) is 12.8 Å². The van der Waals surface area contributed by atoms with E-state index in [4.69, 9.17) is 5.11 Å². The molecule has 0 spiro atoms. The molecule has 0 aromatic carbocycles. The van der Waals surface area contributed by atoms with Crippen molar-refractivity contribution in [1.82, 2.24) is 0 Å². The van der Waals surface area contributed by atoms with Gasteiger partial charge in [-0.25, -0.2) is 0 Å². The van der Waals surface area contributed by atoms with Crippen LogP contribution >= 0.6 is 0 Å². The number of carboxylic acids is 1. The Hall–Kier alpha value is -0.570. The fourth-order valence-electron chi connectivity index (χ4n) is 1.60. The van der Waals surface area contributed by atoms with Crippen molar-refractivity contribution in [3.05, 3.63) is 0 Å². The maximum atomic E-state index is 11.0. The van der Waals surface area contributed by atoms with Crippen LogP contribution in [0, 0.1) is 5.41 Å². The van der Waals surface area contributed by atoms with Crippen LogP contribution < -0.4 is 0 Å². The molecule has 3 heteroatoms. The Morgan fingerprint density at radius 3 is 2.07 bits per heavy atom. The normalized spacial score (nSPS) is 16.4. The fourth-order valence-corrected chi connectivity index (χ4v) is 1.60. The van der Waals surface area contributed by atoms with Gasteiger partial charge in [-0.15, -0.1) is 0 Å². The van der Waals surface area contributed by atoms with Crippen LogP contribution in [0.2, 0.25) is 0 Å². The molecule has 84 valence electrons. The van der Waals surface area contributed by atoms with E-state index in [2.05, 4.69) is 0 Å². The van der Waals surface area contributed by atoms with Gasteiger partial charge in [0.15, 0.2) is 0 Å². The molecule has 0 aromatic heterocycles. The molecule has 1 unspecified atom stereocenters. The first-order chi connectivity index (χ1) is 6.31. The minimum Gasteiger partial charge on any atom is -0.481 e. The lowest BCUT2D eigenvalue weighted by molar-refractivity contribution is -0.166. The number of unbranched alkanes of at least 4 members (excludes halogenated alkanes) is 1. The van der Waals surface area contributed by atoms with Crippen molar-refractivity contribution in [2.45, 2.75) is 59.0 Å². The van der Waals surface area contributed by atoms with Crippen LogP contribution in [-0.4, -0.2) is 21.8 Å². The molecule has 0 aliphatic rings. The largest absolute Gasteiger partial charge is 0.481 e. The fraction of sp³-hybridized carbons (Fsp3) is 0.909. The average molecular weight is 202 g/mol. The highest BCUT2D eigenvalue weighted by Crippen LogP contribution is 2.37. The molecule has 1 atom stereocenters. The molecule has 0 aromatic rings. The number of carboxylic acid groups (broad SMARTS) is 1. The quantitative estimate of drug-likeness (QED) is 0.695. The summed E-state index contributed by atoms with van der Waals surface area (Å²) in [6.45, 7) is 7.05. The Kier molecular flexibility index (Phi) is 4.59. The first-order valence-corrected chi connectivity index (χ1v) is 5.27. The first kappa shape index (κ1) is 13.4. The Morgan fingerprint density at radius 2 is 1.79 bits per heavy atom. The Morgan fingerprint density at radius 1 is 1.29 bits per heavy atom. The molecular weight excluding hydrogens is 180 g/mol. The summed E-state index contributed by atoms with van der Waals surface area (Å²) in [5.74, 6) is -0.932. The van der Waals surface area contributed by atoms with Gasteiger partial charge >= 0.3 is 5.97 Å². The third-order valence-electron chi connectivity index (χ3n) is 3.23. The van der Waals surface area contributed by atoms with Crippen LogP contribution in [0.1, 0.15) is 53.4 Å². The van der Waals surface area contributed by atoms with Crippen LogP contribution in [0.3, 0.4) is 0 Å². The SMILES string of the molecule is CCCCC(O)(CC)C(C)(C)C(=O)O. The van der Waals surface area contributed by atoms with Gasteiger partial charge in [0.2, 0.25) is 0 Å². The molecule has 0 heterocycles. The average Bonchev–Trinajstić information content (AvgIpc) is 2.13. The number of aliphatic hydroxyl groups is 1. The lowest BCUT2D eigenvalue weighted by atomic mass is 9.70. The van der Waals surface area contributed by atoms with Gasteiger partial charge in [0.05, 0.1) is 11.0 Å². The second-order valence-electron chi connectivity index (χ2n) is 4.42. The molecule has 0 amide bonds. The Balaban J connectivity index is 4.73. The minimum atomic E-state index is -1.09. The predicted octanol–water partition coefficient (Wildman–Crippen LogP) is 2.43. The first-order valence-electron chi connectivity index (χ1n) is 5.27. The van der Waals surface area contributed by atoms with Crippen molar-refractivity contribution < 1.29 is 15.0 Å². The zero-order chi connectivity index (χ0) is 11.4. The van der Waals surface area contributed by atoms with Crippen molar-refractivity contribution in [3.8, 4) is 0 Å². The summed E-state index contributed by atoms with van der Waals surface area (Å²) >= 11 is 0.